The van der Waals surface area contributed by atoms with Crippen molar-refractivity contribution in [2.45, 2.75) is 46.6 Å². The number of hydrogen-bond donors (Lipinski definition) is 2. The molecule has 1 fully saturated rings. The highest BCUT2D eigenvalue weighted by molar-refractivity contribution is 14.0. The second-order valence-corrected chi connectivity index (χ2v) is 7.23. The first-order chi connectivity index (χ1) is 11.4. The molecule has 0 bridgehead atoms. The minimum Gasteiger partial charge on any atom is -0.352 e. The predicted octanol–water partition coefficient (Wildman–Crippen LogP) is 3.85. The third-order valence-corrected chi connectivity index (χ3v) is 4.35. The lowest BCUT2D eigenvalue weighted by Gasteiger charge is -2.23. The smallest absolute Gasteiger partial charge is 0.224 e. The molecule has 1 amide bonds. The third kappa shape index (κ3) is 6.84. The zero-order valence-corrected chi connectivity index (χ0v) is 18.1. The lowest BCUT2D eigenvalue weighted by Crippen LogP contribution is -2.40. The summed E-state index contributed by atoms with van der Waals surface area (Å²) in [7, 11) is 1.83. The van der Waals surface area contributed by atoms with Crippen LogP contribution in [0.3, 0.4) is 0 Å². The van der Waals surface area contributed by atoms with Crippen molar-refractivity contribution in [1.82, 2.24) is 10.2 Å². The summed E-state index contributed by atoms with van der Waals surface area (Å²) in [4.78, 5) is 18.3. The monoisotopic (exact) mass is 458 g/mol. The molecule has 0 saturated carbocycles. The van der Waals surface area contributed by atoms with Crippen LogP contribution in [-0.4, -0.2) is 36.9 Å². The number of hydrogen-bond acceptors (Lipinski definition) is 2. The molecule has 0 spiro atoms. The van der Waals surface area contributed by atoms with Crippen LogP contribution in [0.25, 0.3) is 0 Å². The molecule has 1 aliphatic rings. The van der Waals surface area contributed by atoms with E-state index in [0.717, 1.165) is 37.7 Å². The molecule has 5 nitrogen and oxygen atoms in total. The number of guanidine groups is 1. The number of likely N-dealkylation sites (tertiary alicyclic amines) is 1. The van der Waals surface area contributed by atoms with E-state index in [2.05, 4.69) is 34.4 Å². The highest BCUT2D eigenvalue weighted by atomic mass is 127. The topological polar surface area (TPSA) is 56.7 Å². The van der Waals surface area contributed by atoms with Crippen LogP contribution in [0.2, 0.25) is 0 Å². The minimum atomic E-state index is 0. The summed E-state index contributed by atoms with van der Waals surface area (Å²) >= 11 is 0. The zero-order chi connectivity index (χ0) is 17.6. The first-order valence-electron chi connectivity index (χ1n) is 8.78. The zero-order valence-electron chi connectivity index (χ0n) is 15.8. The number of nitrogens with one attached hydrogen (secondary N) is 2. The van der Waals surface area contributed by atoms with E-state index in [1.165, 1.54) is 12.0 Å². The Labute approximate surface area is 168 Å². The molecule has 1 saturated heterocycles. The quantitative estimate of drug-likeness (QED) is 0.401. The van der Waals surface area contributed by atoms with Gasteiger partial charge in [0.05, 0.1) is 0 Å². The van der Waals surface area contributed by atoms with Crippen molar-refractivity contribution in [3.05, 3.63) is 29.8 Å². The first kappa shape index (κ1) is 21.7. The fourth-order valence-electron chi connectivity index (χ4n) is 2.96. The Morgan fingerprint density at radius 3 is 2.48 bits per heavy atom. The van der Waals surface area contributed by atoms with Crippen LogP contribution >= 0.6 is 24.0 Å². The molecular formula is C19H31IN4O. The van der Waals surface area contributed by atoms with E-state index in [9.17, 15) is 4.79 Å². The van der Waals surface area contributed by atoms with Gasteiger partial charge in [0.2, 0.25) is 5.91 Å². The molecule has 2 N–H and O–H groups in total. The predicted molar refractivity (Wildman–Crippen MR) is 116 cm³/mol. The average Bonchev–Trinajstić information content (AvgIpc) is 2.90. The van der Waals surface area contributed by atoms with Crippen molar-refractivity contribution in [2.75, 3.05) is 25.5 Å². The van der Waals surface area contributed by atoms with Gasteiger partial charge in [-0.25, -0.2) is 0 Å². The highest BCUT2D eigenvalue weighted by Gasteiger charge is 2.30. The number of aliphatic imine (C=N–C) groups is 1. The van der Waals surface area contributed by atoms with Crippen LogP contribution in [0.4, 0.5) is 5.69 Å². The van der Waals surface area contributed by atoms with Gasteiger partial charge in [-0.05, 0) is 36.0 Å². The largest absolute Gasteiger partial charge is 0.352 e. The summed E-state index contributed by atoms with van der Waals surface area (Å²) in [6, 6.07) is 7.98. The van der Waals surface area contributed by atoms with Crippen LogP contribution in [0.5, 0.6) is 0 Å². The van der Waals surface area contributed by atoms with E-state index < -0.39 is 0 Å². The van der Waals surface area contributed by atoms with Crippen molar-refractivity contribution in [1.29, 1.82) is 0 Å². The molecule has 0 atom stereocenters. The molecular weight excluding hydrogens is 427 g/mol. The Morgan fingerprint density at radius 2 is 1.96 bits per heavy atom. The first-order valence-corrected chi connectivity index (χ1v) is 8.78. The lowest BCUT2D eigenvalue weighted by atomic mass is 9.93. The molecule has 6 heteroatoms. The van der Waals surface area contributed by atoms with Crippen LogP contribution in [0.15, 0.2) is 29.3 Å². The molecule has 1 aromatic rings. The number of anilines is 1. The fourth-order valence-corrected chi connectivity index (χ4v) is 2.96. The van der Waals surface area contributed by atoms with E-state index in [4.69, 9.17) is 0 Å². The summed E-state index contributed by atoms with van der Waals surface area (Å²) in [5, 5.41) is 6.34. The van der Waals surface area contributed by atoms with Crippen LogP contribution in [-0.2, 0) is 11.3 Å². The van der Waals surface area contributed by atoms with Gasteiger partial charge >= 0.3 is 0 Å². The van der Waals surface area contributed by atoms with Crippen molar-refractivity contribution in [3.63, 3.8) is 0 Å². The lowest BCUT2D eigenvalue weighted by molar-refractivity contribution is -0.116. The molecule has 25 heavy (non-hydrogen) atoms. The van der Waals surface area contributed by atoms with E-state index in [1.54, 1.807) is 0 Å². The average molecular weight is 458 g/mol. The summed E-state index contributed by atoms with van der Waals surface area (Å²) in [5.74, 6) is 1.03. The molecule has 1 aliphatic heterocycles. The normalized spacial score (nSPS) is 16.3. The van der Waals surface area contributed by atoms with E-state index >= 15 is 0 Å². The number of carbonyl (C=O) groups excluding carboxylic acids is 1. The van der Waals surface area contributed by atoms with Crippen molar-refractivity contribution >= 4 is 41.5 Å². The number of carbonyl (C=O) groups is 1. The van der Waals surface area contributed by atoms with E-state index in [-0.39, 0.29) is 29.9 Å². The number of halogens is 1. The van der Waals surface area contributed by atoms with Gasteiger partial charge in [0.25, 0.3) is 0 Å². The van der Waals surface area contributed by atoms with Gasteiger partial charge in [-0.15, -0.1) is 24.0 Å². The molecule has 1 heterocycles. The number of benzene rings is 1. The van der Waals surface area contributed by atoms with Crippen LogP contribution in [0, 0.1) is 5.41 Å². The molecule has 0 aliphatic carbocycles. The number of amides is 1. The number of rotatable bonds is 5. The van der Waals surface area contributed by atoms with Crippen molar-refractivity contribution in [2.24, 2.45) is 10.4 Å². The van der Waals surface area contributed by atoms with Gasteiger partial charge in [-0.2, -0.15) is 0 Å². The standard InChI is InChI=1S/C19H30N4O.HI/c1-5-6-17(24)22-16-9-7-15(8-10-16)13-21-18(20-4)23-12-11-19(2,3)14-23;/h7-10H,5-6,11-14H2,1-4H3,(H,20,21)(H,22,24);1H. The van der Waals surface area contributed by atoms with Crippen molar-refractivity contribution in [3.8, 4) is 0 Å². The van der Waals surface area contributed by atoms with Crippen LogP contribution in [0.1, 0.15) is 45.6 Å². The van der Waals surface area contributed by atoms with E-state index in [0.29, 0.717) is 11.8 Å². The van der Waals surface area contributed by atoms with Gasteiger partial charge < -0.3 is 15.5 Å². The number of nitrogens with zero attached hydrogens (tertiary/aromatic N) is 2. The second kappa shape index (κ2) is 9.99. The van der Waals surface area contributed by atoms with Gasteiger partial charge in [0.15, 0.2) is 5.96 Å². The minimum absolute atomic E-state index is 0. The Morgan fingerprint density at radius 1 is 1.28 bits per heavy atom. The second-order valence-electron chi connectivity index (χ2n) is 7.23. The Bertz CT molecular complexity index is 584. The third-order valence-electron chi connectivity index (χ3n) is 4.35. The summed E-state index contributed by atoms with van der Waals surface area (Å²) in [6.07, 6.45) is 2.62. The molecule has 0 unspecified atom stereocenters. The molecule has 0 aromatic heterocycles. The maximum atomic E-state index is 11.6. The van der Waals surface area contributed by atoms with Gasteiger partial charge in [-0.1, -0.05) is 32.9 Å². The molecule has 140 valence electrons. The fraction of sp³-hybridized carbons (Fsp3) is 0.579. The van der Waals surface area contributed by atoms with Gasteiger partial charge in [0, 0.05) is 38.8 Å². The summed E-state index contributed by atoms with van der Waals surface area (Å²) < 4.78 is 0. The maximum Gasteiger partial charge on any atom is 0.224 e. The van der Waals surface area contributed by atoms with E-state index in [1.807, 2.05) is 38.2 Å². The van der Waals surface area contributed by atoms with Crippen molar-refractivity contribution < 1.29 is 4.79 Å². The summed E-state index contributed by atoms with van der Waals surface area (Å²) in [6.45, 7) is 9.41. The molecule has 0 radical (unpaired) electrons. The SMILES string of the molecule is CCCC(=O)Nc1ccc(CNC(=NC)N2CCC(C)(C)C2)cc1.I. The van der Waals surface area contributed by atoms with Crippen LogP contribution < -0.4 is 10.6 Å². The van der Waals surface area contributed by atoms with Gasteiger partial charge in [-0.3, -0.25) is 9.79 Å². The van der Waals surface area contributed by atoms with Gasteiger partial charge in [0.1, 0.15) is 0 Å². The Hall–Kier alpha value is -1.31. The maximum absolute atomic E-state index is 11.6. The highest BCUT2D eigenvalue weighted by Crippen LogP contribution is 2.28. The molecule has 1 aromatic carbocycles. The Kier molecular flexibility index (Phi) is 8.68. The molecule has 2 rings (SSSR count). The summed E-state index contributed by atoms with van der Waals surface area (Å²) in [5.41, 5.74) is 2.38. The Balaban J connectivity index is 0.00000312.